The predicted molar refractivity (Wildman–Crippen MR) is 74.9 cm³/mol. The fourth-order valence-electron chi connectivity index (χ4n) is 2.69. The largest absolute Gasteiger partial charge is 0.480 e. The molecule has 1 aliphatic rings. The third-order valence-electron chi connectivity index (χ3n) is 4.34. The highest BCUT2D eigenvalue weighted by atomic mass is 16.4. The van der Waals surface area contributed by atoms with Gasteiger partial charge in [-0.3, -0.25) is 4.79 Å². The van der Waals surface area contributed by atoms with E-state index in [-0.39, 0.29) is 5.91 Å². The van der Waals surface area contributed by atoms with Gasteiger partial charge in [0.1, 0.15) is 5.54 Å². The van der Waals surface area contributed by atoms with Crippen molar-refractivity contribution in [1.29, 1.82) is 0 Å². The van der Waals surface area contributed by atoms with E-state index in [9.17, 15) is 9.59 Å². The Balaban J connectivity index is 2.25. The summed E-state index contributed by atoms with van der Waals surface area (Å²) >= 11 is 0. The summed E-state index contributed by atoms with van der Waals surface area (Å²) in [5.74, 6) is -0.322. The van der Waals surface area contributed by atoms with Crippen molar-refractivity contribution in [1.82, 2.24) is 5.32 Å². The zero-order valence-corrected chi connectivity index (χ0v) is 12.2. The number of carbonyl (C=O) groups is 2. The van der Waals surface area contributed by atoms with Gasteiger partial charge in [-0.25, -0.2) is 4.79 Å². The van der Waals surface area contributed by atoms with E-state index in [1.165, 1.54) is 32.1 Å². The molecule has 1 aliphatic carbocycles. The van der Waals surface area contributed by atoms with E-state index in [0.717, 1.165) is 18.8 Å². The van der Waals surface area contributed by atoms with Crippen LogP contribution >= 0.6 is 0 Å². The molecule has 110 valence electrons. The zero-order valence-electron chi connectivity index (χ0n) is 12.2. The van der Waals surface area contributed by atoms with Crippen LogP contribution in [0.4, 0.5) is 0 Å². The van der Waals surface area contributed by atoms with E-state index in [4.69, 9.17) is 5.11 Å². The Morgan fingerprint density at radius 3 is 2.42 bits per heavy atom. The molecule has 1 unspecified atom stereocenters. The molecule has 2 N–H and O–H groups in total. The molecule has 1 rings (SSSR count). The molecule has 4 nitrogen and oxygen atoms in total. The third kappa shape index (κ3) is 5.21. The van der Waals surface area contributed by atoms with Crippen LogP contribution in [0.1, 0.15) is 71.6 Å². The minimum Gasteiger partial charge on any atom is -0.480 e. The molecule has 0 bridgehead atoms. The monoisotopic (exact) mass is 269 g/mol. The Bertz CT molecular complexity index is 311. The third-order valence-corrected chi connectivity index (χ3v) is 4.34. The lowest BCUT2D eigenvalue weighted by molar-refractivity contribution is -0.147. The maximum Gasteiger partial charge on any atom is 0.329 e. The van der Waals surface area contributed by atoms with Gasteiger partial charge in [-0.1, -0.05) is 39.0 Å². The number of amides is 1. The Kier molecular flexibility index (Phi) is 6.32. The summed E-state index contributed by atoms with van der Waals surface area (Å²) in [5, 5.41) is 11.7. The van der Waals surface area contributed by atoms with Crippen LogP contribution in [0.25, 0.3) is 0 Å². The number of carbonyl (C=O) groups excluding carboxylic acids is 1. The van der Waals surface area contributed by atoms with Gasteiger partial charge in [0.15, 0.2) is 0 Å². The summed E-state index contributed by atoms with van der Waals surface area (Å²) in [6, 6.07) is 0. The average Bonchev–Trinajstić information content (AvgIpc) is 2.39. The van der Waals surface area contributed by atoms with Crippen molar-refractivity contribution in [2.24, 2.45) is 5.92 Å². The van der Waals surface area contributed by atoms with Crippen LogP contribution < -0.4 is 5.32 Å². The summed E-state index contributed by atoms with van der Waals surface area (Å²) in [4.78, 5) is 22.9. The van der Waals surface area contributed by atoms with Crippen molar-refractivity contribution in [2.45, 2.75) is 77.2 Å². The van der Waals surface area contributed by atoms with Crippen molar-refractivity contribution >= 4 is 11.9 Å². The van der Waals surface area contributed by atoms with Crippen LogP contribution in [0.3, 0.4) is 0 Å². The van der Waals surface area contributed by atoms with E-state index in [2.05, 4.69) is 5.32 Å². The van der Waals surface area contributed by atoms with Gasteiger partial charge in [0, 0.05) is 6.42 Å². The molecule has 0 aromatic rings. The molecule has 1 amide bonds. The van der Waals surface area contributed by atoms with Gasteiger partial charge in [-0.05, 0) is 32.1 Å². The first-order valence-electron chi connectivity index (χ1n) is 7.52. The second-order valence-corrected chi connectivity index (χ2v) is 5.94. The molecule has 0 aromatic carbocycles. The van der Waals surface area contributed by atoms with Gasteiger partial charge in [0.25, 0.3) is 0 Å². The fourth-order valence-corrected chi connectivity index (χ4v) is 2.69. The number of hydrogen-bond acceptors (Lipinski definition) is 2. The summed E-state index contributed by atoms with van der Waals surface area (Å²) in [5.41, 5.74) is -1.12. The lowest BCUT2D eigenvalue weighted by atomic mass is 9.86. The maximum atomic E-state index is 11.8. The molecule has 1 fully saturated rings. The van der Waals surface area contributed by atoms with E-state index >= 15 is 0 Å². The highest BCUT2D eigenvalue weighted by Crippen LogP contribution is 2.27. The van der Waals surface area contributed by atoms with Gasteiger partial charge < -0.3 is 10.4 Å². The first-order chi connectivity index (χ1) is 8.98. The molecule has 0 radical (unpaired) electrons. The van der Waals surface area contributed by atoms with Gasteiger partial charge in [-0.15, -0.1) is 0 Å². The van der Waals surface area contributed by atoms with Gasteiger partial charge in [0.05, 0.1) is 0 Å². The molecule has 0 spiro atoms. The summed E-state index contributed by atoms with van der Waals surface area (Å²) in [6.07, 6.45) is 9.40. The van der Waals surface area contributed by atoms with Gasteiger partial charge >= 0.3 is 5.97 Å². The molecule has 0 heterocycles. The number of carboxylic acids is 1. The van der Waals surface area contributed by atoms with Crippen LogP contribution in [-0.4, -0.2) is 22.5 Å². The SMILES string of the molecule is CCC(C)(NC(=O)CCCC1CCCCC1)C(=O)O. The van der Waals surface area contributed by atoms with Crippen molar-refractivity contribution in [3.05, 3.63) is 0 Å². The number of hydrogen-bond donors (Lipinski definition) is 2. The highest BCUT2D eigenvalue weighted by molar-refractivity contribution is 5.86. The van der Waals surface area contributed by atoms with Crippen molar-refractivity contribution < 1.29 is 14.7 Å². The van der Waals surface area contributed by atoms with E-state index in [1.54, 1.807) is 13.8 Å². The quantitative estimate of drug-likeness (QED) is 0.746. The summed E-state index contributed by atoms with van der Waals surface area (Å²) in [7, 11) is 0. The molecular weight excluding hydrogens is 242 g/mol. The van der Waals surface area contributed by atoms with Crippen molar-refractivity contribution in [3.63, 3.8) is 0 Å². The molecular formula is C15H27NO3. The minimum absolute atomic E-state index is 0.137. The number of aliphatic carboxylic acids is 1. The topological polar surface area (TPSA) is 66.4 Å². The predicted octanol–water partition coefficient (Wildman–Crippen LogP) is 3.11. The summed E-state index contributed by atoms with van der Waals surface area (Å²) < 4.78 is 0. The first kappa shape index (κ1) is 16.0. The molecule has 0 aromatic heterocycles. The molecule has 1 saturated carbocycles. The zero-order chi connectivity index (χ0) is 14.3. The van der Waals surface area contributed by atoms with Gasteiger partial charge in [0.2, 0.25) is 5.91 Å². The van der Waals surface area contributed by atoms with Crippen LogP contribution in [0.2, 0.25) is 0 Å². The molecule has 0 aliphatic heterocycles. The number of rotatable bonds is 7. The minimum atomic E-state index is -1.12. The molecule has 1 atom stereocenters. The van der Waals surface area contributed by atoms with Gasteiger partial charge in [-0.2, -0.15) is 0 Å². The Hall–Kier alpha value is -1.06. The van der Waals surface area contributed by atoms with E-state index in [1.807, 2.05) is 0 Å². The smallest absolute Gasteiger partial charge is 0.329 e. The maximum absolute atomic E-state index is 11.8. The second kappa shape index (κ2) is 7.51. The summed E-state index contributed by atoms with van der Waals surface area (Å²) in [6.45, 7) is 3.34. The Labute approximate surface area is 116 Å². The second-order valence-electron chi connectivity index (χ2n) is 5.94. The van der Waals surface area contributed by atoms with Crippen molar-refractivity contribution in [3.8, 4) is 0 Å². The number of carboxylic acid groups (broad SMARTS) is 1. The standard InChI is InChI=1S/C15H27NO3/c1-3-15(2,14(18)19)16-13(17)11-7-10-12-8-5-4-6-9-12/h12H,3-11H2,1-2H3,(H,16,17)(H,18,19). The molecule has 4 heteroatoms. The normalized spacial score (nSPS) is 19.7. The Morgan fingerprint density at radius 2 is 1.89 bits per heavy atom. The lowest BCUT2D eigenvalue weighted by Crippen LogP contribution is -2.51. The first-order valence-corrected chi connectivity index (χ1v) is 7.52. The average molecular weight is 269 g/mol. The van der Waals surface area contributed by atoms with E-state index < -0.39 is 11.5 Å². The van der Waals surface area contributed by atoms with Crippen LogP contribution in [0.15, 0.2) is 0 Å². The Morgan fingerprint density at radius 1 is 1.26 bits per heavy atom. The van der Waals surface area contributed by atoms with Crippen LogP contribution in [0, 0.1) is 5.92 Å². The number of nitrogens with one attached hydrogen (secondary N) is 1. The molecule has 0 saturated heterocycles. The lowest BCUT2D eigenvalue weighted by Gasteiger charge is -2.25. The van der Waals surface area contributed by atoms with Crippen LogP contribution in [0.5, 0.6) is 0 Å². The fraction of sp³-hybridized carbons (Fsp3) is 0.867. The van der Waals surface area contributed by atoms with Crippen molar-refractivity contribution in [2.75, 3.05) is 0 Å². The highest BCUT2D eigenvalue weighted by Gasteiger charge is 2.32. The van der Waals surface area contributed by atoms with Crippen LogP contribution in [-0.2, 0) is 9.59 Å². The van der Waals surface area contributed by atoms with E-state index in [0.29, 0.717) is 12.8 Å². The molecule has 19 heavy (non-hydrogen) atoms.